The number of hydrogen-bond donors (Lipinski definition) is 0. The van der Waals surface area contributed by atoms with Gasteiger partial charge >= 0.3 is 0 Å². The molecule has 16 heavy (non-hydrogen) atoms. The van der Waals surface area contributed by atoms with Gasteiger partial charge in [-0.2, -0.15) is 0 Å². The number of carbonyl (C=O) groups is 2. The second-order valence-corrected chi connectivity index (χ2v) is 4.85. The number of fused-ring (bicyclic) bond motifs is 1. The average molecular weight is 214 g/mol. The van der Waals surface area contributed by atoms with Crippen LogP contribution in [0, 0.1) is 5.41 Å². The highest BCUT2D eigenvalue weighted by molar-refractivity contribution is 6.29. The summed E-state index contributed by atoms with van der Waals surface area (Å²) in [6.07, 6.45) is 4.66. The minimum absolute atomic E-state index is 0.0767. The van der Waals surface area contributed by atoms with Crippen LogP contribution in [0.5, 0.6) is 0 Å². The predicted molar refractivity (Wildman–Crippen MR) is 60.6 cm³/mol. The molecule has 0 aromatic heterocycles. The first-order valence-electron chi connectivity index (χ1n) is 5.94. The average Bonchev–Trinajstić information content (AvgIpc) is 2.55. The molecule has 3 rings (SSSR count). The van der Waals surface area contributed by atoms with E-state index in [1.165, 1.54) is 0 Å². The molecule has 0 unspecified atom stereocenters. The standard InChI is InChI=1S/C14H14O2/c15-12-10-6-2-3-7-11(10)13(16)14(12)8-4-1-5-9-14/h2-3,6-7H,1,4-5,8-9H2. The van der Waals surface area contributed by atoms with Gasteiger partial charge in [0, 0.05) is 11.1 Å². The van der Waals surface area contributed by atoms with Crippen LogP contribution in [0.1, 0.15) is 52.8 Å². The fourth-order valence-electron chi connectivity index (χ4n) is 3.11. The summed E-state index contributed by atoms with van der Waals surface area (Å²) in [6.45, 7) is 0. The van der Waals surface area contributed by atoms with Crippen LogP contribution in [0.15, 0.2) is 24.3 Å². The van der Waals surface area contributed by atoms with Crippen molar-refractivity contribution in [1.29, 1.82) is 0 Å². The van der Waals surface area contributed by atoms with Gasteiger partial charge in [-0.1, -0.05) is 43.5 Å². The summed E-state index contributed by atoms with van der Waals surface area (Å²) in [5, 5.41) is 0. The third-order valence-corrected chi connectivity index (χ3v) is 3.99. The summed E-state index contributed by atoms with van der Waals surface area (Å²) in [5.74, 6) is 0.153. The first kappa shape index (κ1) is 9.76. The minimum atomic E-state index is -0.679. The first-order valence-corrected chi connectivity index (χ1v) is 5.94. The monoisotopic (exact) mass is 214 g/mol. The molecule has 1 saturated carbocycles. The number of carbonyl (C=O) groups excluding carboxylic acids is 2. The molecule has 2 aliphatic carbocycles. The van der Waals surface area contributed by atoms with Crippen molar-refractivity contribution in [3.05, 3.63) is 35.4 Å². The Morgan fingerprint density at radius 3 is 1.81 bits per heavy atom. The Balaban J connectivity index is 2.13. The Morgan fingerprint density at radius 1 is 0.812 bits per heavy atom. The lowest BCUT2D eigenvalue weighted by molar-refractivity contribution is 0.0628. The largest absolute Gasteiger partial charge is 0.293 e. The van der Waals surface area contributed by atoms with Crippen LogP contribution in [0.2, 0.25) is 0 Å². The minimum Gasteiger partial charge on any atom is -0.293 e. The molecule has 1 fully saturated rings. The summed E-state index contributed by atoms with van der Waals surface area (Å²) in [4.78, 5) is 24.7. The van der Waals surface area contributed by atoms with Gasteiger partial charge < -0.3 is 0 Å². The van der Waals surface area contributed by atoms with Crippen LogP contribution in [0.4, 0.5) is 0 Å². The molecule has 0 radical (unpaired) electrons. The van der Waals surface area contributed by atoms with Gasteiger partial charge in [-0.15, -0.1) is 0 Å². The van der Waals surface area contributed by atoms with Crippen LogP contribution in [-0.4, -0.2) is 11.6 Å². The normalized spacial score (nSPS) is 22.5. The first-order chi connectivity index (χ1) is 7.76. The molecule has 0 atom stereocenters. The summed E-state index contributed by atoms with van der Waals surface area (Å²) in [7, 11) is 0. The van der Waals surface area contributed by atoms with Crippen molar-refractivity contribution in [2.45, 2.75) is 32.1 Å². The molecule has 0 bridgehead atoms. The summed E-state index contributed by atoms with van der Waals surface area (Å²) >= 11 is 0. The molecule has 1 spiro atoms. The van der Waals surface area contributed by atoms with E-state index in [0.717, 1.165) is 32.1 Å². The second kappa shape index (κ2) is 3.27. The zero-order valence-corrected chi connectivity index (χ0v) is 9.16. The van der Waals surface area contributed by atoms with Gasteiger partial charge in [0.25, 0.3) is 0 Å². The third kappa shape index (κ3) is 1.07. The van der Waals surface area contributed by atoms with Gasteiger partial charge in [0.1, 0.15) is 0 Å². The van der Waals surface area contributed by atoms with Gasteiger partial charge in [-0.3, -0.25) is 9.59 Å². The molecular weight excluding hydrogens is 200 g/mol. The molecular formula is C14H14O2. The van der Waals surface area contributed by atoms with E-state index in [9.17, 15) is 9.59 Å². The van der Waals surface area contributed by atoms with Crippen LogP contribution in [0.3, 0.4) is 0 Å². The van der Waals surface area contributed by atoms with E-state index in [1.807, 2.05) is 12.1 Å². The molecule has 0 heterocycles. The maximum absolute atomic E-state index is 12.4. The van der Waals surface area contributed by atoms with E-state index in [0.29, 0.717) is 11.1 Å². The molecule has 2 nitrogen and oxygen atoms in total. The molecule has 2 heteroatoms. The Morgan fingerprint density at radius 2 is 1.31 bits per heavy atom. The van der Waals surface area contributed by atoms with Gasteiger partial charge in [0.15, 0.2) is 11.6 Å². The van der Waals surface area contributed by atoms with E-state index in [-0.39, 0.29) is 11.6 Å². The third-order valence-electron chi connectivity index (χ3n) is 3.99. The highest BCUT2D eigenvalue weighted by Gasteiger charge is 2.52. The fraction of sp³-hybridized carbons (Fsp3) is 0.429. The Kier molecular flexibility index (Phi) is 2.00. The molecule has 0 N–H and O–H groups in total. The lowest BCUT2D eigenvalue weighted by Crippen LogP contribution is -2.35. The summed E-state index contributed by atoms with van der Waals surface area (Å²) in [5.41, 5.74) is 0.617. The van der Waals surface area contributed by atoms with Gasteiger partial charge in [0.2, 0.25) is 0 Å². The predicted octanol–water partition coefficient (Wildman–Crippen LogP) is 3.02. The quantitative estimate of drug-likeness (QED) is 0.622. The Hall–Kier alpha value is -1.44. The smallest absolute Gasteiger partial charge is 0.177 e. The van der Waals surface area contributed by atoms with Crippen molar-refractivity contribution in [3.8, 4) is 0 Å². The highest BCUT2D eigenvalue weighted by Crippen LogP contribution is 2.46. The van der Waals surface area contributed by atoms with Crippen molar-refractivity contribution < 1.29 is 9.59 Å². The summed E-state index contributed by atoms with van der Waals surface area (Å²) in [6, 6.07) is 7.26. The number of benzene rings is 1. The Labute approximate surface area is 94.7 Å². The van der Waals surface area contributed by atoms with E-state index < -0.39 is 5.41 Å². The summed E-state index contributed by atoms with van der Waals surface area (Å²) < 4.78 is 0. The maximum atomic E-state index is 12.4. The van der Waals surface area contributed by atoms with E-state index in [1.54, 1.807) is 12.1 Å². The lowest BCUT2D eigenvalue weighted by Gasteiger charge is -2.29. The second-order valence-electron chi connectivity index (χ2n) is 4.85. The molecule has 2 aliphatic rings. The zero-order chi connectivity index (χ0) is 11.2. The number of hydrogen-bond acceptors (Lipinski definition) is 2. The fourth-order valence-corrected chi connectivity index (χ4v) is 3.11. The van der Waals surface area contributed by atoms with Gasteiger partial charge in [0.05, 0.1) is 5.41 Å². The van der Waals surface area contributed by atoms with Crippen LogP contribution in [-0.2, 0) is 0 Å². The number of Topliss-reactive ketones (excluding diaryl/α,β-unsaturated/α-hetero) is 2. The van der Waals surface area contributed by atoms with Gasteiger partial charge in [-0.05, 0) is 12.8 Å². The molecule has 0 amide bonds. The van der Waals surface area contributed by atoms with Crippen molar-refractivity contribution >= 4 is 11.6 Å². The van der Waals surface area contributed by atoms with Gasteiger partial charge in [-0.25, -0.2) is 0 Å². The lowest BCUT2D eigenvalue weighted by atomic mass is 9.70. The van der Waals surface area contributed by atoms with Crippen molar-refractivity contribution in [3.63, 3.8) is 0 Å². The Bertz CT molecular complexity index is 430. The molecule has 82 valence electrons. The van der Waals surface area contributed by atoms with E-state index in [4.69, 9.17) is 0 Å². The van der Waals surface area contributed by atoms with Crippen LogP contribution >= 0.6 is 0 Å². The maximum Gasteiger partial charge on any atom is 0.177 e. The SMILES string of the molecule is O=C1c2ccccc2C(=O)C12CCCCC2. The number of ketones is 2. The van der Waals surface area contributed by atoms with Crippen LogP contribution < -0.4 is 0 Å². The van der Waals surface area contributed by atoms with E-state index >= 15 is 0 Å². The topological polar surface area (TPSA) is 34.1 Å². The van der Waals surface area contributed by atoms with Crippen LogP contribution in [0.25, 0.3) is 0 Å². The van der Waals surface area contributed by atoms with E-state index in [2.05, 4.69) is 0 Å². The van der Waals surface area contributed by atoms with Crippen molar-refractivity contribution in [2.24, 2.45) is 5.41 Å². The van der Waals surface area contributed by atoms with Crippen molar-refractivity contribution in [1.82, 2.24) is 0 Å². The molecule has 1 aromatic rings. The molecule has 0 aliphatic heterocycles. The zero-order valence-electron chi connectivity index (χ0n) is 9.16. The molecule has 1 aromatic carbocycles. The highest BCUT2D eigenvalue weighted by atomic mass is 16.2. The number of rotatable bonds is 0. The van der Waals surface area contributed by atoms with Crippen molar-refractivity contribution in [2.75, 3.05) is 0 Å². The molecule has 0 saturated heterocycles.